The third kappa shape index (κ3) is 4.11. The van der Waals surface area contributed by atoms with E-state index >= 15 is 0 Å². The molecule has 0 aliphatic heterocycles. The van der Waals surface area contributed by atoms with Gasteiger partial charge in [-0.15, -0.1) is 12.4 Å². The molecule has 4 nitrogen and oxygen atoms in total. The topological polar surface area (TPSA) is 64.3 Å². The number of methoxy groups -OCH3 is 1. The molecule has 2 rings (SSSR count). The molecule has 3 N–H and O–H groups in total. The first-order valence-electron chi connectivity index (χ1n) is 6.37. The molecule has 5 heteroatoms. The SMILES string of the molecule is COCCC(=O)NC1CCCc2cc(N)ccc21.Cl. The maximum atomic E-state index is 11.7. The monoisotopic (exact) mass is 284 g/mol. The zero-order chi connectivity index (χ0) is 13.0. The van der Waals surface area contributed by atoms with Crippen molar-refractivity contribution in [2.24, 2.45) is 0 Å². The van der Waals surface area contributed by atoms with Crippen LogP contribution in [-0.2, 0) is 16.0 Å². The average molecular weight is 285 g/mol. The minimum absolute atomic E-state index is 0. The molecule has 1 atom stereocenters. The Morgan fingerprint density at radius 1 is 1.53 bits per heavy atom. The van der Waals surface area contributed by atoms with Gasteiger partial charge in [0.1, 0.15) is 0 Å². The van der Waals surface area contributed by atoms with E-state index in [-0.39, 0.29) is 24.4 Å². The standard InChI is InChI=1S/C14H20N2O2.ClH/c1-18-8-7-14(17)16-13-4-2-3-10-9-11(15)5-6-12(10)13;/h5-6,9,13H,2-4,7-8,15H2,1H3,(H,16,17);1H. The Kier molecular flexibility index (Phi) is 6.12. The van der Waals surface area contributed by atoms with E-state index in [1.807, 2.05) is 18.2 Å². The van der Waals surface area contributed by atoms with E-state index in [0.29, 0.717) is 13.0 Å². The average Bonchev–Trinajstić information content (AvgIpc) is 2.36. The van der Waals surface area contributed by atoms with E-state index < -0.39 is 0 Å². The fourth-order valence-electron chi connectivity index (χ4n) is 2.45. The van der Waals surface area contributed by atoms with Gasteiger partial charge in [0.15, 0.2) is 0 Å². The van der Waals surface area contributed by atoms with E-state index in [1.54, 1.807) is 7.11 Å². The lowest BCUT2D eigenvalue weighted by Crippen LogP contribution is -2.31. The number of amides is 1. The Morgan fingerprint density at radius 3 is 3.05 bits per heavy atom. The van der Waals surface area contributed by atoms with Gasteiger partial charge in [0.25, 0.3) is 0 Å². The van der Waals surface area contributed by atoms with Crippen LogP contribution in [0.4, 0.5) is 5.69 Å². The molecule has 19 heavy (non-hydrogen) atoms. The number of carbonyl (C=O) groups excluding carboxylic acids is 1. The second-order valence-electron chi connectivity index (χ2n) is 4.71. The third-order valence-electron chi connectivity index (χ3n) is 3.35. The van der Waals surface area contributed by atoms with E-state index in [2.05, 4.69) is 5.32 Å². The maximum Gasteiger partial charge on any atom is 0.222 e. The Bertz CT molecular complexity index is 437. The van der Waals surface area contributed by atoms with Crippen molar-refractivity contribution in [3.05, 3.63) is 29.3 Å². The van der Waals surface area contributed by atoms with Crippen LogP contribution < -0.4 is 11.1 Å². The highest BCUT2D eigenvalue weighted by Gasteiger charge is 2.21. The molecule has 1 aliphatic rings. The molecule has 0 radical (unpaired) electrons. The predicted octanol–water partition coefficient (Wildman–Crippen LogP) is 2.22. The van der Waals surface area contributed by atoms with Crippen molar-refractivity contribution in [3.63, 3.8) is 0 Å². The molecule has 0 aromatic heterocycles. The molecule has 0 spiro atoms. The maximum absolute atomic E-state index is 11.7. The van der Waals surface area contributed by atoms with Crippen LogP contribution in [-0.4, -0.2) is 19.6 Å². The normalized spacial score (nSPS) is 17.2. The number of benzene rings is 1. The van der Waals surface area contributed by atoms with Gasteiger partial charge in [-0.3, -0.25) is 4.79 Å². The van der Waals surface area contributed by atoms with Gasteiger partial charge in [-0.2, -0.15) is 0 Å². The highest BCUT2D eigenvalue weighted by Crippen LogP contribution is 2.30. The molecule has 1 aliphatic carbocycles. The number of hydrogen-bond acceptors (Lipinski definition) is 3. The summed E-state index contributed by atoms with van der Waals surface area (Å²) in [5.41, 5.74) is 9.05. The Hall–Kier alpha value is -1.26. The summed E-state index contributed by atoms with van der Waals surface area (Å²) in [6.45, 7) is 0.465. The highest BCUT2D eigenvalue weighted by molar-refractivity contribution is 5.85. The van der Waals surface area contributed by atoms with Crippen LogP contribution in [0.1, 0.15) is 36.4 Å². The molecule has 1 amide bonds. The summed E-state index contributed by atoms with van der Waals surface area (Å²) in [5.74, 6) is 0.0477. The van der Waals surface area contributed by atoms with Crippen molar-refractivity contribution >= 4 is 24.0 Å². The van der Waals surface area contributed by atoms with Crippen LogP contribution in [0.2, 0.25) is 0 Å². The van der Waals surface area contributed by atoms with Gasteiger partial charge < -0.3 is 15.8 Å². The van der Waals surface area contributed by atoms with Crippen LogP contribution in [0.25, 0.3) is 0 Å². The van der Waals surface area contributed by atoms with Crippen molar-refractivity contribution in [2.45, 2.75) is 31.7 Å². The number of halogens is 1. The number of hydrogen-bond donors (Lipinski definition) is 2. The quantitative estimate of drug-likeness (QED) is 0.833. The third-order valence-corrected chi connectivity index (χ3v) is 3.35. The van der Waals surface area contributed by atoms with Gasteiger partial charge in [-0.1, -0.05) is 6.07 Å². The van der Waals surface area contributed by atoms with E-state index in [1.165, 1.54) is 11.1 Å². The first-order valence-corrected chi connectivity index (χ1v) is 6.37. The van der Waals surface area contributed by atoms with Gasteiger partial charge in [0.05, 0.1) is 12.6 Å². The molecule has 1 unspecified atom stereocenters. The second-order valence-corrected chi connectivity index (χ2v) is 4.71. The number of fused-ring (bicyclic) bond motifs is 1. The van der Waals surface area contributed by atoms with Crippen molar-refractivity contribution in [3.8, 4) is 0 Å². The Labute approximate surface area is 120 Å². The molecule has 1 aromatic rings. The van der Waals surface area contributed by atoms with Gasteiger partial charge in [0, 0.05) is 19.2 Å². The molecule has 0 saturated carbocycles. The molecule has 0 fully saturated rings. The lowest BCUT2D eigenvalue weighted by Gasteiger charge is -2.26. The summed E-state index contributed by atoms with van der Waals surface area (Å²) in [7, 11) is 1.60. The fourth-order valence-corrected chi connectivity index (χ4v) is 2.45. The number of aryl methyl sites for hydroxylation is 1. The summed E-state index contributed by atoms with van der Waals surface area (Å²) in [5, 5.41) is 3.07. The number of carbonyl (C=O) groups is 1. The lowest BCUT2D eigenvalue weighted by atomic mass is 9.87. The van der Waals surface area contributed by atoms with E-state index in [9.17, 15) is 4.79 Å². The summed E-state index contributed by atoms with van der Waals surface area (Å²) in [4.78, 5) is 11.7. The predicted molar refractivity (Wildman–Crippen MR) is 78.4 cm³/mol. The van der Waals surface area contributed by atoms with Crippen molar-refractivity contribution < 1.29 is 9.53 Å². The zero-order valence-corrected chi connectivity index (χ0v) is 12.0. The van der Waals surface area contributed by atoms with Crippen LogP contribution in [0.15, 0.2) is 18.2 Å². The number of nitrogens with two attached hydrogens (primary N) is 1. The molecular weight excluding hydrogens is 264 g/mol. The molecule has 0 bridgehead atoms. The summed E-state index contributed by atoms with van der Waals surface area (Å²) < 4.78 is 4.91. The van der Waals surface area contributed by atoms with Crippen LogP contribution in [0.5, 0.6) is 0 Å². The van der Waals surface area contributed by atoms with Gasteiger partial charge in [-0.05, 0) is 42.5 Å². The Morgan fingerprint density at radius 2 is 2.32 bits per heavy atom. The van der Waals surface area contributed by atoms with Gasteiger partial charge >= 0.3 is 0 Å². The minimum atomic E-state index is 0. The van der Waals surface area contributed by atoms with Crippen LogP contribution >= 0.6 is 12.4 Å². The van der Waals surface area contributed by atoms with Gasteiger partial charge in [-0.25, -0.2) is 0 Å². The van der Waals surface area contributed by atoms with E-state index in [0.717, 1.165) is 24.9 Å². The van der Waals surface area contributed by atoms with Gasteiger partial charge in [0.2, 0.25) is 5.91 Å². The Balaban J connectivity index is 0.00000180. The number of rotatable bonds is 4. The summed E-state index contributed by atoms with van der Waals surface area (Å²) >= 11 is 0. The molecular formula is C14H21ClN2O2. The summed E-state index contributed by atoms with van der Waals surface area (Å²) in [6, 6.07) is 6.07. The van der Waals surface area contributed by atoms with Crippen molar-refractivity contribution in [1.82, 2.24) is 5.32 Å². The van der Waals surface area contributed by atoms with E-state index in [4.69, 9.17) is 10.5 Å². The van der Waals surface area contributed by atoms with Crippen LogP contribution in [0, 0.1) is 0 Å². The lowest BCUT2D eigenvalue weighted by molar-refractivity contribution is -0.122. The minimum Gasteiger partial charge on any atom is -0.399 e. The molecule has 0 heterocycles. The summed E-state index contributed by atoms with van der Waals surface area (Å²) in [6.07, 6.45) is 3.55. The number of nitrogen functional groups attached to an aromatic ring is 1. The molecule has 106 valence electrons. The molecule has 1 aromatic carbocycles. The number of ether oxygens (including phenoxy) is 1. The first kappa shape index (κ1) is 15.8. The zero-order valence-electron chi connectivity index (χ0n) is 11.1. The molecule has 0 saturated heterocycles. The smallest absolute Gasteiger partial charge is 0.222 e. The second kappa shape index (κ2) is 7.36. The van der Waals surface area contributed by atoms with Crippen LogP contribution in [0.3, 0.4) is 0 Å². The first-order chi connectivity index (χ1) is 8.70. The number of nitrogens with one attached hydrogen (secondary N) is 1. The largest absolute Gasteiger partial charge is 0.399 e. The highest BCUT2D eigenvalue weighted by atomic mass is 35.5. The van der Waals surface area contributed by atoms with Crippen molar-refractivity contribution in [1.29, 1.82) is 0 Å². The fraction of sp³-hybridized carbons (Fsp3) is 0.500. The number of anilines is 1. The van der Waals surface area contributed by atoms with Crippen molar-refractivity contribution in [2.75, 3.05) is 19.5 Å².